The molecule has 2 amide bonds. The Morgan fingerprint density at radius 1 is 1.07 bits per heavy atom. The number of carbonyl (C=O) groups is 2. The fraction of sp³-hybridized carbons (Fsp3) is 0.300. The van der Waals surface area contributed by atoms with E-state index < -0.39 is 11.8 Å². The van der Waals surface area contributed by atoms with E-state index in [4.69, 9.17) is 16.3 Å². The van der Waals surface area contributed by atoms with E-state index in [-0.39, 0.29) is 0 Å². The molecule has 0 spiro atoms. The molecular formula is C20H22ClN3O3. The maximum atomic E-state index is 12.4. The number of piperazine rings is 1. The maximum Gasteiger partial charge on any atom is 0.313 e. The van der Waals surface area contributed by atoms with Gasteiger partial charge in [-0.3, -0.25) is 14.5 Å². The van der Waals surface area contributed by atoms with E-state index in [1.807, 2.05) is 18.2 Å². The second-order valence-corrected chi connectivity index (χ2v) is 6.76. The van der Waals surface area contributed by atoms with Gasteiger partial charge in [-0.25, -0.2) is 0 Å². The van der Waals surface area contributed by atoms with Gasteiger partial charge in [0.25, 0.3) is 0 Å². The van der Waals surface area contributed by atoms with Crippen molar-refractivity contribution < 1.29 is 14.3 Å². The minimum Gasteiger partial charge on any atom is -0.495 e. The lowest BCUT2D eigenvalue weighted by atomic mass is 10.2. The molecule has 1 saturated heterocycles. The first-order valence-corrected chi connectivity index (χ1v) is 9.14. The highest BCUT2D eigenvalue weighted by molar-refractivity contribution is 6.39. The van der Waals surface area contributed by atoms with Crippen LogP contribution in [0.15, 0.2) is 48.5 Å². The van der Waals surface area contributed by atoms with E-state index in [0.29, 0.717) is 29.5 Å². The number of methoxy groups -OCH3 is 1. The molecule has 1 N–H and O–H groups in total. The lowest BCUT2D eigenvalue weighted by Gasteiger charge is -2.34. The Balaban J connectivity index is 1.51. The third kappa shape index (κ3) is 4.99. The highest BCUT2D eigenvalue weighted by Crippen LogP contribution is 2.27. The molecule has 3 rings (SSSR count). The second kappa shape index (κ2) is 8.88. The number of ether oxygens (including phenoxy) is 1. The molecule has 0 saturated carbocycles. The Morgan fingerprint density at radius 3 is 2.41 bits per heavy atom. The van der Waals surface area contributed by atoms with Crippen molar-refractivity contribution in [2.75, 3.05) is 38.6 Å². The van der Waals surface area contributed by atoms with E-state index in [9.17, 15) is 9.59 Å². The molecule has 0 atom stereocenters. The zero-order chi connectivity index (χ0) is 19.2. The van der Waals surface area contributed by atoms with Crippen molar-refractivity contribution in [2.45, 2.75) is 6.54 Å². The second-order valence-electron chi connectivity index (χ2n) is 6.36. The summed E-state index contributed by atoms with van der Waals surface area (Å²) < 4.78 is 5.08. The minimum absolute atomic E-state index is 0.372. The zero-order valence-corrected chi connectivity index (χ0v) is 15.9. The van der Waals surface area contributed by atoms with Gasteiger partial charge in [-0.1, -0.05) is 41.9 Å². The summed E-state index contributed by atoms with van der Waals surface area (Å²) in [5.74, 6) is -0.676. The summed E-state index contributed by atoms with van der Waals surface area (Å²) in [5.41, 5.74) is 1.70. The third-order valence-electron chi connectivity index (χ3n) is 4.51. The van der Waals surface area contributed by atoms with Gasteiger partial charge in [0.15, 0.2) is 0 Å². The lowest BCUT2D eigenvalue weighted by Crippen LogP contribution is -2.51. The average molecular weight is 388 g/mol. The topological polar surface area (TPSA) is 61.9 Å². The SMILES string of the molecule is COc1ccc(NC(=O)C(=O)N2CCN(Cc3ccccc3)CC2)cc1Cl. The largest absolute Gasteiger partial charge is 0.495 e. The van der Waals surface area contributed by atoms with Crippen LogP contribution in [0.1, 0.15) is 5.56 Å². The van der Waals surface area contributed by atoms with Crippen LogP contribution in [-0.2, 0) is 16.1 Å². The van der Waals surface area contributed by atoms with E-state index in [2.05, 4.69) is 22.3 Å². The molecule has 0 radical (unpaired) electrons. The Kier molecular flexibility index (Phi) is 6.32. The van der Waals surface area contributed by atoms with Gasteiger partial charge in [-0.15, -0.1) is 0 Å². The Morgan fingerprint density at radius 2 is 1.78 bits per heavy atom. The number of hydrogen-bond donors (Lipinski definition) is 1. The van der Waals surface area contributed by atoms with E-state index in [0.717, 1.165) is 19.6 Å². The van der Waals surface area contributed by atoms with E-state index in [1.54, 1.807) is 23.1 Å². The first-order valence-electron chi connectivity index (χ1n) is 8.77. The molecule has 6 nitrogen and oxygen atoms in total. The fourth-order valence-electron chi connectivity index (χ4n) is 3.02. The molecular weight excluding hydrogens is 366 g/mol. The molecule has 142 valence electrons. The number of nitrogens with one attached hydrogen (secondary N) is 1. The molecule has 1 aliphatic heterocycles. The molecule has 1 heterocycles. The first kappa shape index (κ1) is 19.2. The van der Waals surface area contributed by atoms with Crippen molar-refractivity contribution in [2.24, 2.45) is 0 Å². The summed E-state index contributed by atoms with van der Waals surface area (Å²) in [4.78, 5) is 28.5. The van der Waals surface area contributed by atoms with Crippen LogP contribution in [0.5, 0.6) is 5.75 Å². The summed E-state index contributed by atoms with van der Waals surface area (Å²) in [6.07, 6.45) is 0. The molecule has 2 aromatic carbocycles. The molecule has 1 fully saturated rings. The molecule has 2 aromatic rings. The molecule has 7 heteroatoms. The third-order valence-corrected chi connectivity index (χ3v) is 4.81. The quantitative estimate of drug-likeness (QED) is 0.819. The van der Waals surface area contributed by atoms with Crippen molar-refractivity contribution in [1.82, 2.24) is 9.80 Å². The maximum absolute atomic E-state index is 12.4. The van der Waals surface area contributed by atoms with E-state index >= 15 is 0 Å². The molecule has 27 heavy (non-hydrogen) atoms. The first-order chi connectivity index (χ1) is 13.1. The molecule has 0 aliphatic carbocycles. The Labute approximate surface area is 163 Å². The van der Waals surface area contributed by atoms with Crippen LogP contribution in [0, 0.1) is 0 Å². The monoisotopic (exact) mass is 387 g/mol. The van der Waals surface area contributed by atoms with Crippen LogP contribution in [0.3, 0.4) is 0 Å². The van der Waals surface area contributed by atoms with E-state index in [1.165, 1.54) is 12.7 Å². The van der Waals surface area contributed by atoms with Gasteiger partial charge in [-0.05, 0) is 23.8 Å². The number of nitrogens with zero attached hydrogens (tertiary/aromatic N) is 2. The molecule has 0 aromatic heterocycles. The van der Waals surface area contributed by atoms with Gasteiger partial charge in [-0.2, -0.15) is 0 Å². The minimum atomic E-state index is -0.659. The smallest absolute Gasteiger partial charge is 0.313 e. The highest BCUT2D eigenvalue weighted by Gasteiger charge is 2.26. The average Bonchev–Trinajstić information content (AvgIpc) is 2.69. The number of rotatable bonds is 4. The Hall–Kier alpha value is -2.57. The van der Waals surface area contributed by atoms with Gasteiger partial charge in [0.1, 0.15) is 5.75 Å². The number of anilines is 1. The fourth-order valence-corrected chi connectivity index (χ4v) is 3.28. The summed E-state index contributed by atoms with van der Waals surface area (Å²) >= 11 is 6.05. The predicted octanol–water partition coefficient (Wildman–Crippen LogP) is 2.63. The van der Waals surface area contributed by atoms with Gasteiger partial charge in [0, 0.05) is 38.4 Å². The van der Waals surface area contributed by atoms with Gasteiger partial charge in [0.2, 0.25) is 0 Å². The van der Waals surface area contributed by atoms with Crippen LogP contribution < -0.4 is 10.1 Å². The van der Waals surface area contributed by atoms with Crippen molar-refractivity contribution >= 4 is 29.1 Å². The van der Waals surface area contributed by atoms with Crippen LogP contribution in [0.4, 0.5) is 5.69 Å². The number of hydrogen-bond acceptors (Lipinski definition) is 4. The summed E-state index contributed by atoms with van der Waals surface area (Å²) in [5, 5.41) is 2.97. The summed E-state index contributed by atoms with van der Waals surface area (Å²) in [6.45, 7) is 3.38. The summed E-state index contributed by atoms with van der Waals surface area (Å²) in [7, 11) is 1.51. The van der Waals surface area contributed by atoms with Gasteiger partial charge < -0.3 is 15.0 Å². The van der Waals surface area contributed by atoms with Crippen LogP contribution >= 0.6 is 11.6 Å². The Bertz CT molecular complexity index is 805. The van der Waals surface area contributed by atoms with Crippen LogP contribution in [0.2, 0.25) is 5.02 Å². The van der Waals surface area contributed by atoms with Crippen LogP contribution in [-0.4, -0.2) is 54.9 Å². The number of benzene rings is 2. The lowest BCUT2D eigenvalue weighted by molar-refractivity contribution is -0.144. The zero-order valence-electron chi connectivity index (χ0n) is 15.2. The molecule has 1 aliphatic rings. The molecule has 0 bridgehead atoms. The standard InChI is InChI=1S/C20H22ClN3O3/c1-27-18-8-7-16(13-17(18)21)22-19(25)20(26)24-11-9-23(10-12-24)14-15-5-3-2-4-6-15/h2-8,13H,9-12,14H2,1H3,(H,22,25). The van der Waals surface area contributed by atoms with Crippen molar-refractivity contribution in [3.8, 4) is 5.75 Å². The van der Waals surface area contributed by atoms with Crippen molar-refractivity contribution in [3.05, 3.63) is 59.1 Å². The molecule has 0 unspecified atom stereocenters. The summed E-state index contributed by atoms with van der Waals surface area (Å²) in [6, 6.07) is 15.1. The normalized spacial score (nSPS) is 14.7. The number of carbonyl (C=O) groups excluding carboxylic acids is 2. The number of halogens is 1. The van der Waals surface area contributed by atoms with Crippen LogP contribution in [0.25, 0.3) is 0 Å². The van der Waals surface area contributed by atoms with Crippen molar-refractivity contribution in [1.29, 1.82) is 0 Å². The van der Waals surface area contributed by atoms with Gasteiger partial charge in [0.05, 0.1) is 12.1 Å². The highest BCUT2D eigenvalue weighted by atomic mass is 35.5. The van der Waals surface area contributed by atoms with Gasteiger partial charge >= 0.3 is 11.8 Å². The number of amides is 2. The predicted molar refractivity (Wildman–Crippen MR) is 105 cm³/mol. The van der Waals surface area contributed by atoms with Crippen molar-refractivity contribution in [3.63, 3.8) is 0 Å².